The molecule has 0 spiro atoms. The van der Waals surface area contributed by atoms with Crippen molar-refractivity contribution in [1.29, 1.82) is 0 Å². The van der Waals surface area contributed by atoms with E-state index in [1.54, 1.807) is 7.11 Å². The van der Waals surface area contributed by atoms with E-state index in [1.165, 1.54) is 0 Å². The van der Waals surface area contributed by atoms with Gasteiger partial charge in [-0.25, -0.2) is 9.67 Å². The molecule has 2 aliphatic rings. The van der Waals surface area contributed by atoms with Crippen LogP contribution in [0.2, 0.25) is 5.02 Å². The van der Waals surface area contributed by atoms with Gasteiger partial charge in [0.15, 0.2) is 0 Å². The maximum absolute atomic E-state index is 12.9. The number of anilines is 1. The molecule has 0 aromatic carbocycles. The molecule has 4 heterocycles. The van der Waals surface area contributed by atoms with E-state index in [-0.39, 0.29) is 23.1 Å². The molecule has 0 radical (unpaired) electrons. The summed E-state index contributed by atoms with van der Waals surface area (Å²) < 4.78 is 45.6. The van der Waals surface area contributed by atoms with Crippen LogP contribution in [0.3, 0.4) is 0 Å². The van der Waals surface area contributed by atoms with Crippen molar-refractivity contribution in [2.75, 3.05) is 12.0 Å². The monoisotopic (exact) mass is 401 g/mol. The summed E-state index contributed by atoms with van der Waals surface area (Å²) in [6.07, 6.45) is 1.87. The first-order valence-electron chi connectivity index (χ1n) is 8.77. The van der Waals surface area contributed by atoms with Gasteiger partial charge in [0.2, 0.25) is 0 Å². The van der Waals surface area contributed by atoms with Gasteiger partial charge in [0.05, 0.1) is 29.4 Å². The Balaban J connectivity index is 1.54. The van der Waals surface area contributed by atoms with Crippen LogP contribution in [0.1, 0.15) is 43.0 Å². The van der Waals surface area contributed by atoms with Crippen LogP contribution in [-0.2, 0) is 17.5 Å². The van der Waals surface area contributed by atoms with Crippen LogP contribution < -0.4 is 4.90 Å². The van der Waals surface area contributed by atoms with Crippen molar-refractivity contribution in [3.63, 3.8) is 0 Å². The van der Waals surface area contributed by atoms with E-state index in [4.69, 9.17) is 16.3 Å². The summed E-state index contributed by atoms with van der Waals surface area (Å²) in [6, 6.07) is 1.50. The maximum Gasteiger partial charge on any atom is 0.417 e. The third-order valence-corrected chi connectivity index (χ3v) is 5.60. The predicted molar refractivity (Wildman–Crippen MR) is 92.5 cm³/mol. The molecule has 2 bridgehead atoms. The minimum absolute atomic E-state index is 0.0447. The molecule has 2 aliphatic heterocycles. The molecule has 0 N–H and O–H groups in total. The Labute approximate surface area is 159 Å². The van der Waals surface area contributed by atoms with Gasteiger partial charge in [-0.2, -0.15) is 13.2 Å². The fourth-order valence-corrected chi connectivity index (χ4v) is 4.46. The minimum Gasteiger partial charge on any atom is -0.378 e. The SMILES string of the molecule is COCc1cn(C2CC3CCC(C2)N3c2ncc(C(F)(F)F)cc2Cl)nn1. The molecule has 4 rings (SSSR count). The minimum atomic E-state index is -4.45. The molecule has 0 saturated carbocycles. The Morgan fingerprint density at radius 3 is 2.52 bits per heavy atom. The predicted octanol–water partition coefficient (Wildman–Crippen LogP) is 3.86. The second-order valence-corrected chi connectivity index (χ2v) is 7.47. The van der Waals surface area contributed by atoms with Crippen molar-refractivity contribution in [3.05, 3.63) is 34.7 Å². The third-order valence-electron chi connectivity index (χ3n) is 5.33. The first-order chi connectivity index (χ1) is 12.9. The number of methoxy groups -OCH3 is 1. The van der Waals surface area contributed by atoms with Crippen LogP contribution in [0, 0.1) is 0 Å². The molecule has 2 aromatic heterocycles. The zero-order valence-corrected chi connectivity index (χ0v) is 15.4. The first kappa shape index (κ1) is 18.5. The summed E-state index contributed by atoms with van der Waals surface area (Å²) in [5.41, 5.74) is -0.0495. The van der Waals surface area contributed by atoms with E-state index in [2.05, 4.69) is 20.2 Å². The summed E-state index contributed by atoms with van der Waals surface area (Å²) in [5, 5.41) is 8.37. The summed E-state index contributed by atoms with van der Waals surface area (Å²) in [4.78, 5) is 6.15. The van der Waals surface area contributed by atoms with Crippen LogP contribution >= 0.6 is 11.6 Å². The van der Waals surface area contributed by atoms with Gasteiger partial charge < -0.3 is 9.64 Å². The fourth-order valence-electron chi connectivity index (χ4n) is 4.19. The fraction of sp³-hybridized carbons (Fsp3) is 0.588. The molecule has 2 fully saturated rings. The highest BCUT2D eigenvalue weighted by atomic mass is 35.5. The van der Waals surface area contributed by atoms with Crippen molar-refractivity contribution in [2.24, 2.45) is 0 Å². The number of pyridine rings is 1. The Morgan fingerprint density at radius 2 is 1.93 bits per heavy atom. The highest BCUT2D eigenvalue weighted by molar-refractivity contribution is 6.33. The normalized spacial score (nSPS) is 25.2. The Morgan fingerprint density at radius 1 is 1.22 bits per heavy atom. The van der Waals surface area contributed by atoms with E-state index in [0.29, 0.717) is 12.4 Å². The van der Waals surface area contributed by atoms with Crippen molar-refractivity contribution >= 4 is 17.4 Å². The molecule has 0 aliphatic carbocycles. The number of hydrogen-bond acceptors (Lipinski definition) is 5. The summed E-state index contributed by atoms with van der Waals surface area (Å²) >= 11 is 6.17. The van der Waals surface area contributed by atoms with Gasteiger partial charge in [0.1, 0.15) is 11.5 Å². The molecule has 2 atom stereocenters. The van der Waals surface area contributed by atoms with Gasteiger partial charge >= 0.3 is 6.18 Å². The molecule has 0 amide bonds. The molecule has 146 valence electrons. The Kier molecular flexibility index (Phi) is 4.75. The Bertz CT molecular complexity index is 813. The van der Waals surface area contributed by atoms with Crippen LogP contribution in [0.5, 0.6) is 0 Å². The van der Waals surface area contributed by atoms with Crippen molar-refractivity contribution < 1.29 is 17.9 Å². The summed E-state index contributed by atoms with van der Waals surface area (Å²) in [5.74, 6) is 0.439. The standard InChI is InChI=1S/C17H19ClF3N5O/c1-27-9-11-8-25(24-23-11)14-5-12-2-3-13(6-14)26(12)16-15(18)4-10(7-22-16)17(19,20)21/h4,7-8,12-14H,2-3,5-6,9H2,1H3. The molecule has 27 heavy (non-hydrogen) atoms. The molecule has 6 nitrogen and oxygen atoms in total. The summed E-state index contributed by atoms with van der Waals surface area (Å²) in [7, 11) is 1.61. The van der Waals surface area contributed by atoms with E-state index < -0.39 is 11.7 Å². The molecule has 2 saturated heterocycles. The second-order valence-electron chi connectivity index (χ2n) is 7.07. The average Bonchev–Trinajstić information content (AvgIpc) is 3.17. The van der Waals surface area contributed by atoms with E-state index >= 15 is 0 Å². The van der Waals surface area contributed by atoms with Crippen LogP contribution in [0.25, 0.3) is 0 Å². The van der Waals surface area contributed by atoms with Gasteiger partial charge in [-0.05, 0) is 31.7 Å². The smallest absolute Gasteiger partial charge is 0.378 e. The summed E-state index contributed by atoms with van der Waals surface area (Å²) in [6.45, 7) is 0.413. The van der Waals surface area contributed by atoms with Crippen LogP contribution in [-0.4, -0.2) is 39.2 Å². The average molecular weight is 402 g/mol. The highest BCUT2D eigenvalue weighted by Crippen LogP contribution is 2.45. The molecule has 10 heteroatoms. The van der Waals surface area contributed by atoms with Crippen molar-refractivity contribution in [3.8, 4) is 0 Å². The number of nitrogens with zero attached hydrogens (tertiary/aromatic N) is 5. The van der Waals surface area contributed by atoms with Crippen LogP contribution in [0.15, 0.2) is 18.5 Å². The molecular formula is C17H19ClF3N5O. The molecule has 2 aromatic rings. The van der Waals surface area contributed by atoms with Gasteiger partial charge in [-0.15, -0.1) is 5.10 Å². The van der Waals surface area contributed by atoms with Gasteiger partial charge in [-0.1, -0.05) is 16.8 Å². The Hall–Kier alpha value is -1.87. The quantitative estimate of drug-likeness (QED) is 0.778. The number of halogens is 4. The van der Waals surface area contributed by atoms with Crippen molar-refractivity contribution in [2.45, 2.75) is 56.6 Å². The number of piperidine rings is 1. The van der Waals surface area contributed by atoms with E-state index in [0.717, 1.165) is 43.6 Å². The van der Waals surface area contributed by atoms with E-state index in [1.807, 2.05) is 10.9 Å². The lowest BCUT2D eigenvalue weighted by molar-refractivity contribution is -0.137. The molecular weight excluding hydrogens is 383 g/mol. The molecule has 2 unspecified atom stereocenters. The number of fused-ring (bicyclic) bond motifs is 2. The zero-order chi connectivity index (χ0) is 19.2. The lowest BCUT2D eigenvalue weighted by Gasteiger charge is -2.40. The van der Waals surface area contributed by atoms with Crippen LogP contribution in [0.4, 0.5) is 19.0 Å². The maximum atomic E-state index is 12.9. The first-order valence-corrected chi connectivity index (χ1v) is 9.15. The highest BCUT2D eigenvalue weighted by Gasteiger charge is 2.43. The number of alkyl halides is 3. The van der Waals surface area contributed by atoms with Crippen molar-refractivity contribution in [1.82, 2.24) is 20.0 Å². The second kappa shape index (κ2) is 6.94. The number of ether oxygens (including phenoxy) is 1. The van der Waals surface area contributed by atoms with E-state index in [9.17, 15) is 13.2 Å². The lowest BCUT2D eigenvalue weighted by atomic mass is 9.97. The number of aromatic nitrogens is 4. The van der Waals surface area contributed by atoms with Gasteiger partial charge in [0.25, 0.3) is 0 Å². The van der Waals surface area contributed by atoms with Gasteiger partial charge in [0, 0.05) is 25.4 Å². The third kappa shape index (κ3) is 3.50. The number of rotatable bonds is 4. The number of hydrogen-bond donors (Lipinski definition) is 0. The topological polar surface area (TPSA) is 56.1 Å². The van der Waals surface area contributed by atoms with Gasteiger partial charge in [-0.3, -0.25) is 0 Å². The lowest BCUT2D eigenvalue weighted by Crippen LogP contribution is -2.44. The largest absolute Gasteiger partial charge is 0.417 e. The zero-order valence-electron chi connectivity index (χ0n) is 14.7.